The smallest absolute Gasteiger partial charge is 0.310 e. The summed E-state index contributed by atoms with van der Waals surface area (Å²) in [6.45, 7) is 2.96. The van der Waals surface area contributed by atoms with Gasteiger partial charge in [-0.1, -0.05) is 6.92 Å². The van der Waals surface area contributed by atoms with Gasteiger partial charge in [-0.15, -0.1) is 12.4 Å². The lowest BCUT2D eigenvalue weighted by molar-refractivity contribution is -0.144. The average molecular weight is 251 g/mol. The molecule has 2 atom stereocenters. The number of hydrogen-bond donors (Lipinski definition) is 2. The van der Waals surface area contributed by atoms with Crippen LogP contribution in [0.1, 0.15) is 19.8 Å². The Morgan fingerprint density at radius 2 is 2.25 bits per heavy atom. The molecule has 0 bridgehead atoms. The summed E-state index contributed by atoms with van der Waals surface area (Å²) in [7, 11) is 1.35. The Kier molecular flexibility index (Phi) is 7.08. The number of rotatable bonds is 4. The fourth-order valence-corrected chi connectivity index (χ4v) is 1.57. The number of halogens is 1. The zero-order chi connectivity index (χ0) is 11.3. The molecule has 94 valence electrons. The van der Waals surface area contributed by atoms with Crippen molar-refractivity contribution in [1.82, 2.24) is 10.6 Å². The van der Waals surface area contributed by atoms with Crippen LogP contribution in [0, 0.1) is 5.92 Å². The molecule has 6 heteroatoms. The van der Waals surface area contributed by atoms with Crippen molar-refractivity contribution >= 4 is 24.3 Å². The van der Waals surface area contributed by atoms with Crippen LogP contribution in [0.2, 0.25) is 0 Å². The van der Waals surface area contributed by atoms with Gasteiger partial charge in [-0.3, -0.25) is 9.59 Å². The number of hydrogen-bond acceptors (Lipinski definition) is 4. The van der Waals surface area contributed by atoms with Crippen LogP contribution in [-0.4, -0.2) is 38.1 Å². The maximum Gasteiger partial charge on any atom is 0.310 e. The molecule has 1 fully saturated rings. The van der Waals surface area contributed by atoms with Crippen LogP contribution in [0.25, 0.3) is 0 Å². The van der Waals surface area contributed by atoms with Crippen molar-refractivity contribution in [1.29, 1.82) is 0 Å². The number of carbonyl (C=O) groups is 2. The molecule has 1 heterocycles. The summed E-state index contributed by atoms with van der Waals surface area (Å²) in [5, 5.41) is 5.83. The predicted octanol–water partition coefficient (Wildman–Crippen LogP) is 0.0855. The largest absolute Gasteiger partial charge is 0.469 e. The fraction of sp³-hybridized carbons (Fsp3) is 0.800. The van der Waals surface area contributed by atoms with Gasteiger partial charge in [0.15, 0.2) is 0 Å². The molecule has 1 rings (SSSR count). The third-order valence-corrected chi connectivity index (χ3v) is 2.56. The highest BCUT2D eigenvalue weighted by atomic mass is 35.5. The number of esters is 1. The van der Waals surface area contributed by atoms with E-state index in [4.69, 9.17) is 0 Å². The average Bonchev–Trinajstić information content (AvgIpc) is 2.77. The van der Waals surface area contributed by atoms with Crippen molar-refractivity contribution in [2.75, 3.05) is 20.2 Å². The first-order valence-electron chi connectivity index (χ1n) is 5.24. The Hall–Kier alpha value is -0.810. The van der Waals surface area contributed by atoms with E-state index in [2.05, 4.69) is 15.4 Å². The number of nitrogens with one attached hydrogen (secondary N) is 2. The summed E-state index contributed by atoms with van der Waals surface area (Å²) in [4.78, 5) is 22.6. The Morgan fingerprint density at radius 3 is 2.75 bits per heavy atom. The topological polar surface area (TPSA) is 67.4 Å². The predicted molar refractivity (Wildman–Crippen MR) is 62.5 cm³/mol. The summed E-state index contributed by atoms with van der Waals surface area (Å²) in [5.41, 5.74) is 0. The lowest BCUT2D eigenvalue weighted by Crippen LogP contribution is -2.42. The number of ether oxygens (including phenoxy) is 1. The van der Waals surface area contributed by atoms with Gasteiger partial charge in [0.25, 0.3) is 0 Å². The van der Waals surface area contributed by atoms with Gasteiger partial charge in [-0.05, 0) is 19.4 Å². The molecule has 1 aliphatic heterocycles. The molecule has 1 aliphatic rings. The molecule has 0 saturated carbocycles. The normalized spacial score (nSPS) is 20.8. The van der Waals surface area contributed by atoms with E-state index in [1.165, 1.54) is 7.11 Å². The first kappa shape index (κ1) is 15.2. The van der Waals surface area contributed by atoms with Crippen LogP contribution in [0.5, 0.6) is 0 Å². The molecule has 1 saturated heterocycles. The monoisotopic (exact) mass is 250 g/mol. The molecular weight excluding hydrogens is 232 g/mol. The second-order valence-corrected chi connectivity index (χ2v) is 3.82. The standard InChI is InChI=1S/C10H18N2O3.ClH/c1-7(10(14)15-2)6-12-9(13)8-4-3-5-11-8;/h7-8,11H,3-6H2,1-2H3,(H,12,13);1H/t7?,8-;/m0./s1. The molecule has 0 aromatic rings. The van der Waals surface area contributed by atoms with Crippen LogP contribution in [0.4, 0.5) is 0 Å². The Bertz CT molecular complexity index is 242. The van der Waals surface area contributed by atoms with E-state index in [1.54, 1.807) is 6.92 Å². The summed E-state index contributed by atoms with van der Waals surface area (Å²) in [6, 6.07) is -0.0881. The summed E-state index contributed by atoms with van der Waals surface area (Å²) < 4.78 is 4.56. The van der Waals surface area contributed by atoms with Crippen molar-refractivity contribution < 1.29 is 14.3 Å². The van der Waals surface area contributed by atoms with Crippen molar-refractivity contribution in [3.63, 3.8) is 0 Å². The van der Waals surface area contributed by atoms with Crippen molar-refractivity contribution in [2.24, 2.45) is 5.92 Å². The zero-order valence-electron chi connectivity index (χ0n) is 9.62. The minimum Gasteiger partial charge on any atom is -0.469 e. The van der Waals surface area contributed by atoms with Crippen LogP contribution in [0.15, 0.2) is 0 Å². The molecule has 0 spiro atoms. The van der Waals surface area contributed by atoms with Gasteiger partial charge < -0.3 is 15.4 Å². The van der Waals surface area contributed by atoms with E-state index in [9.17, 15) is 9.59 Å². The molecule has 2 N–H and O–H groups in total. The molecule has 0 aromatic heterocycles. The SMILES string of the molecule is COC(=O)C(C)CNC(=O)[C@@H]1CCCN1.Cl. The van der Waals surface area contributed by atoms with E-state index in [-0.39, 0.29) is 36.2 Å². The quantitative estimate of drug-likeness (QED) is 0.694. The van der Waals surface area contributed by atoms with Gasteiger partial charge in [-0.2, -0.15) is 0 Å². The number of methoxy groups -OCH3 is 1. The van der Waals surface area contributed by atoms with Gasteiger partial charge in [-0.25, -0.2) is 0 Å². The van der Waals surface area contributed by atoms with Gasteiger partial charge in [0.1, 0.15) is 0 Å². The van der Waals surface area contributed by atoms with E-state index in [1.807, 2.05) is 0 Å². The molecule has 5 nitrogen and oxygen atoms in total. The fourth-order valence-electron chi connectivity index (χ4n) is 1.57. The molecule has 0 radical (unpaired) electrons. The summed E-state index contributed by atoms with van der Waals surface area (Å²) in [6.07, 6.45) is 1.91. The maximum atomic E-state index is 11.5. The minimum atomic E-state index is -0.297. The first-order valence-corrected chi connectivity index (χ1v) is 5.24. The Balaban J connectivity index is 0.00000225. The highest BCUT2D eigenvalue weighted by Crippen LogP contribution is 2.05. The third-order valence-electron chi connectivity index (χ3n) is 2.56. The lowest BCUT2D eigenvalue weighted by Gasteiger charge is -2.13. The number of carbonyl (C=O) groups excluding carboxylic acids is 2. The van der Waals surface area contributed by atoms with Gasteiger partial charge in [0, 0.05) is 6.54 Å². The van der Waals surface area contributed by atoms with Crippen LogP contribution in [-0.2, 0) is 14.3 Å². The van der Waals surface area contributed by atoms with Crippen LogP contribution >= 0.6 is 12.4 Å². The first-order chi connectivity index (χ1) is 7.15. The van der Waals surface area contributed by atoms with E-state index >= 15 is 0 Å². The van der Waals surface area contributed by atoms with Gasteiger partial charge >= 0.3 is 5.97 Å². The van der Waals surface area contributed by atoms with Gasteiger partial charge in [0.2, 0.25) is 5.91 Å². The molecule has 1 amide bonds. The highest BCUT2D eigenvalue weighted by molar-refractivity contribution is 5.85. The number of amides is 1. The molecular formula is C10H19ClN2O3. The second-order valence-electron chi connectivity index (χ2n) is 3.82. The maximum absolute atomic E-state index is 11.5. The van der Waals surface area contributed by atoms with Crippen LogP contribution < -0.4 is 10.6 Å². The van der Waals surface area contributed by atoms with Gasteiger partial charge in [0.05, 0.1) is 19.1 Å². The zero-order valence-corrected chi connectivity index (χ0v) is 10.4. The molecule has 0 aliphatic carbocycles. The summed E-state index contributed by atoms with van der Waals surface area (Å²) in [5.74, 6) is -0.613. The third kappa shape index (κ3) is 4.37. The Labute approximate surface area is 102 Å². The van der Waals surface area contributed by atoms with Crippen molar-refractivity contribution in [2.45, 2.75) is 25.8 Å². The lowest BCUT2D eigenvalue weighted by atomic mass is 10.1. The Morgan fingerprint density at radius 1 is 1.56 bits per heavy atom. The minimum absolute atomic E-state index is 0. The highest BCUT2D eigenvalue weighted by Gasteiger charge is 2.23. The van der Waals surface area contributed by atoms with Crippen molar-refractivity contribution in [3.8, 4) is 0 Å². The summed E-state index contributed by atoms with van der Waals surface area (Å²) >= 11 is 0. The van der Waals surface area contributed by atoms with E-state index in [0.717, 1.165) is 19.4 Å². The second kappa shape index (κ2) is 7.46. The molecule has 0 aromatic carbocycles. The van der Waals surface area contributed by atoms with Crippen LogP contribution in [0.3, 0.4) is 0 Å². The van der Waals surface area contributed by atoms with E-state index < -0.39 is 0 Å². The molecule has 16 heavy (non-hydrogen) atoms. The molecule has 1 unspecified atom stereocenters. The van der Waals surface area contributed by atoms with E-state index in [0.29, 0.717) is 6.54 Å². The van der Waals surface area contributed by atoms with Crippen molar-refractivity contribution in [3.05, 3.63) is 0 Å².